The Morgan fingerprint density at radius 2 is 1.77 bits per heavy atom. The average Bonchev–Trinajstić information content (AvgIpc) is 2.84. The van der Waals surface area contributed by atoms with Crippen molar-refractivity contribution in [2.75, 3.05) is 26.2 Å². The minimum absolute atomic E-state index is 0.0186. The van der Waals surface area contributed by atoms with Crippen molar-refractivity contribution in [1.82, 2.24) is 9.21 Å². The maximum absolute atomic E-state index is 13.0. The molecule has 1 aromatic heterocycles. The lowest BCUT2D eigenvalue weighted by Crippen LogP contribution is -2.48. The third kappa shape index (κ3) is 5.86. The highest BCUT2D eigenvalue weighted by molar-refractivity contribution is 7.89. The summed E-state index contributed by atoms with van der Waals surface area (Å²) in [7, 11) is -3.79. The van der Waals surface area contributed by atoms with Crippen LogP contribution < -0.4 is 10.2 Å². The highest BCUT2D eigenvalue weighted by Gasteiger charge is 2.30. The van der Waals surface area contributed by atoms with E-state index in [9.17, 15) is 13.2 Å². The van der Waals surface area contributed by atoms with Gasteiger partial charge in [-0.1, -0.05) is 41.4 Å². The van der Waals surface area contributed by atoms with Crippen LogP contribution in [0.25, 0.3) is 0 Å². The van der Waals surface area contributed by atoms with Crippen molar-refractivity contribution in [2.45, 2.75) is 18.0 Å². The van der Waals surface area contributed by atoms with Crippen LogP contribution in [0.4, 0.5) is 0 Å². The third-order valence-corrected chi connectivity index (χ3v) is 8.33. The Bertz CT molecular complexity index is 1430. The van der Waals surface area contributed by atoms with Crippen LogP contribution in [0.15, 0.2) is 68.9 Å². The van der Waals surface area contributed by atoms with Crippen LogP contribution in [0.5, 0.6) is 5.75 Å². The Morgan fingerprint density at radius 3 is 2.43 bits per heavy atom. The minimum atomic E-state index is -3.79. The van der Waals surface area contributed by atoms with Gasteiger partial charge in [-0.05, 0) is 24.3 Å². The van der Waals surface area contributed by atoms with Gasteiger partial charge in [-0.2, -0.15) is 9.57 Å². The maximum Gasteiger partial charge on any atom is 0.244 e. The summed E-state index contributed by atoms with van der Waals surface area (Å²) in [6.07, 6.45) is 1.28. The van der Waals surface area contributed by atoms with Crippen LogP contribution >= 0.6 is 23.2 Å². The molecule has 3 aromatic rings. The molecule has 0 saturated carbocycles. The highest BCUT2D eigenvalue weighted by atomic mass is 35.5. The van der Waals surface area contributed by atoms with Crippen molar-refractivity contribution in [3.8, 4) is 11.8 Å². The van der Waals surface area contributed by atoms with E-state index < -0.39 is 10.0 Å². The summed E-state index contributed by atoms with van der Waals surface area (Å²) < 4.78 is 38.5. The first-order valence-corrected chi connectivity index (χ1v) is 12.9. The largest absolute Gasteiger partial charge is 0.482 e. The lowest BCUT2D eigenvalue weighted by molar-refractivity contribution is 0.169. The predicted molar refractivity (Wildman–Crippen MR) is 131 cm³/mol. The van der Waals surface area contributed by atoms with Crippen molar-refractivity contribution in [2.24, 2.45) is 0 Å². The van der Waals surface area contributed by atoms with Gasteiger partial charge in [0.2, 0.25) is 21.2 Å². The zero-order valence-corrected chi connectivity index (χ0v) is 20.8. The number of nitrogens with zero attached hydrogens (tertiary/aromatic N) is 3. The van der Waals surface area contributed by atoms with E-state index in [2.05, 4.69) is 0 Å². The fraction of sp³-hybridized carbons (Fsp3) is 0.250. The smallest absolute Gasteiger partial charge is 0.244 e. The van der Waals surface area contributed by atoms with Crippen LogP contribution in [0.2, 0.25) is 10.0 Å². The Morgan fingerprint density at radius 1 is 1.03 bits per heavy atom. The summed E-state index contributed by atoms with van der Waals surface area (Å²) in [5, 5.41) is 9.53. The monoisotopic (exact) mass is 533 g/mol. The summed E-state index contributed by atoms with van der Waals surface area (Å²) in [5.74, 6) is 0.537. The van der Waals surface area contributed by atoms with Crippen molar-refractivity contribution in [3.05, 3.63) is 91.9 Å². The summed E-state index contributed by atoms with van der Waals surface area (Å²) in [4.78, 5) is 14.4. The van der Waals surface area contributed by atoms with E-state index in [1.165, 1.54) is 34.8 Å². The van der Waals surface area contributed by atoms with E-state index in [1.807, 2.05) is 29.2 Å². The highest BCUT2D eigenvalue weighted by Crippen LogP contribution is 2.26. The van der Waals surface area contributed by atoms with Gasteiger partial charge in [0.15, 0.2) is 0 Å². The van der Waals surface area contributed by atoms with Gasteiger partial charge in [-0.15, -0.1) is 0 Å². The second kappa shape index (κ2) is 10.8. The molecule has 2 aromatic carbocycles. The number of piperazine rings is 1. The number of rotatable bonds is 7. The molecule has 0 atom stereocenters. The van der Waals surface area contributed by atoms with E-state index in [4.69, 9.17) is 37.6 Å². The van der Waals surface area contributed by atoms with Crippen molar-refractivity contribution >= 4 is 33.2 Å². The van der Waals surface area contributed by atoms with Gasteiger partial charge in [0.25, 0.3) is 0 Å². The van der Waals surface area contributed by atoms with Gasteiger partial charge in [0.05, 0.1) is 23.2 Å². The standard InChI is InChI=1S/C24H21Cl2N3O5S/c25-20-4-2-1-3-18(20)15-34-23-16-33-19(12-22(23)30)14-28-7-9-29(10-8-28)35(31,32)24-6-5-17(13-27)11-21(24)26/h1-6,11-12,16H,7-10,14-15H2. The molecule has 1 aliphatic rings. The van der Waals surface area contributed by atoms with Crippen molar-refractivity contribution in [3.63, 3.8) is 0 Å². The first-order valence-electron chi connectivity index (χ1n) is 10.7. The first kappa shape index (κ1) is 25.2. The fourth-order valence-electron chi connectivity index (χ4n) is 3.66. The van der Waals surface area contributed by atoms with Crippen molar-refractivity contribution < 1.29 is 17.6 Å². The Balaban J connectivity index is 1.35. The quantitative estimate of drug-likeness (QED) is 0.453. The Labute approximate surface area is 212 Å². The molecular formula is C24H21Cl2N3O5S. The summed E-state index contributed by atoms with van der Waals surface area (Å²) in [5.41, 5.74) is 0.739. The second-order valence-corrected chi connectivity index (χ2v) is 10.6. The van der Waals surface area contributed by atoms with E-state index in [1.54, 1.807) is 6.07 Å². The topological polar surface area (TPSA) is 104 Å². The average molecular weight is 534 g/mol. The zero-order valence-electron chi connectivity index (χ0n) is 18.5. The molecule has 182 valence electrons. The molecule has 8 nitrogen and oxygen atoms in total. The molecule has 0 spiro atoms. The van der Waals surface area contributed by atoms with Crippen molar-refractivity contribution in [1.29, 1.82) is 5.26 Å². The predicted octanol–water partition coefficient (Wildman–Crippen LogP) is 3.90. The van der Waals surface area contributed by atoms with Crippen LogP contribution in [-0.2, 0) is 23.2 Å². The molecule has 0 N–H and O–H groups in total. The van der Waals surface area contributed by atoms with E-state index in [0.717, 1.165) is 5.56 Å². The summed E-state index contributed by atoms with van der Waals surface area (Å²) >= 11 is 12.2. The molecular weight excluding hydrogens is 513 g/mol. The molecule has 2 heterocycles. The molecule has 0 amide bonds. The van der Waals surface area contributed by atoms with E-state index in [-0.39, 0.29) is 40.8 Å². The number of halogens is 2. The van der Waals surface area contributed by atoms with Crippen LogP contribution in [0.3, 0.4) is 0 Å². The molecule has 11 heteroatoms. The molecule has 1 fully saturated rings. The molecule has 1 aliphatic heterocycles. The minimum Gasteiger partial charge on any atom is -0.482 e. The van der Waals surface area contributed by atoms with Gasteiger partial charge < -0.3 is 9.15 Å². The SMILES string of the molecule is N#Cc1ccc(S(=O)(=O)N2CCN(Cc3cc(=O)c(OCc4ccccc4Cl)co3)CC2)c(Cl)c1. The van der Waals surface area contributed by atoms with E-state index in [0.29, 0.717) is 36.0 Å². The number of ether oxygens (including phenoxy) is 1. The third-order valence-electron chi connectivity index (χ3n) is 5.58. The second-order valence-electron chi connectivity index (χ2n) is 7.89. The normalized spacial score (nSPS) is 15.0. The van der Waals surface area contributed by atoms with Gasteiger partial charge in [0, 0.05) is 42.8 Å². The molecule has 4 rings (SSSR count). The molecule has 1 saturated heterocycles. The molecule has 0 aliphatic carbocycles. The lowest BCUT2D eigenvalue weighted by Gasteiger charge is -2.33. The number of hydrogen-bond acceptors (Lipinski definition) is 7. The molecule has 35 heavy (non-hydrogen) atoms. The number of nitriles is 1. The van der Waals surface area contributed by atoms with Gasteiger partial charge in [-0.3, -0.25) is 9.69 Å². The zero-order chi connectivity index (χ0) is 25.0. The number of hydrogen-bond donors (Lipinski definition) is 0. The molecule has 0 radical (unpaired) electrons. The molecule has 0 bridgehead atoms. The van der Waals surface area contributed by atoms with E-state index >= 15 is 0 Å². The van der Waals surface area contributed by atoms with Crippen LogP contribution in [0.1, 0.15) is 16.9 Å². The molecule has 0 unspecified atom stereocenters. The van der Waals surface area contributed by atoms with Crippen LogP contribution in [-0.4, -0.2) is 43.8 Å². The van der Waals surface area contributed by atoms with Crippen LogP contribution in [0, 0.1) is 11.3 Å². The van der Waals surface area contributed by atoms with Gasteiger partial charge in [0.1, 0.15) is 23.5 Å². The Kier molecular flexibility index (Phi) is 7.79. The summed E-state index contributed by atoms with van der Waals surface area (Å²) in [6, 6.07) is 14.6. The number of sulfonamides is 1. The van der Waals surface area contributed by atoms with Gasteiger partial charge >= 0.3 is 0 Å². The maximum atomic E-state index is 13.0. The Hall–Kier alpha value is -2.87. The summed E-state index contributed by atoms with van der Waals surface area (Å²) in [6.45, 7) is 1.89. The van der Waals surface area contributed by atoms with Gasteiger partial charge in [-0.25, -0.2) is 8.42 Å². The fourth-order valence-corrected chi connectivity index (χ4v) is 5.80. The number of benzene rings is 2. The lowest BCUT2D eigenvalue weighted by atomic mass is 10.2. The first-order chi connectivity index (χ1) is 16.8.